The van der Waals surface area contributed by atoms with E-state index in [4.69, 9.17) is 4.74 Å². The molecule has 1 saturated heterocycles. The van der Waals surface area contributed by atoms with Crippen molar-refractivity contribution >= 4 is 28.8 Å². The van der Waals surface area contributed by atoms with Crippen LogP contribution < -0.4 is 10.6 Å². The fraction of sp³-hybridized carbons (Fsp3) is 0.360. The van der Waals surface area contributed by atoms with Crippen LogP contribution >= 0.6 is 0 Å². The Morgan fingerprint density at radius 2 is 2.00 bits per heavy atom. The summed E-state index contributed by atoms with van der Waals surface area (Å²) < 4.78 is 19.7. The standard InChI is InChI=1S/C25H26FN3O3/c1-27-24(30)16-7-10-29(11-8-16)9-6-15-2-4-19-17(12-15)14-32-23(19)22-20-13-18(26)3-5-21(20)28-25(22)31/h2-5,12-13,16H,6-11,14H2,1H3,(H,27,30)(H,28,31). The predicted molar refractivity (Wildman–Crippen MR) is 120 cm³/mol. The fourth-order valence-corrected chi connectivity index (χ4v) is 4.85. The quantitative estimate of drug-likeness (QED) is 0.724. The number of carbonyl (C=O) groups is 2. The normalized spacial score (nSPS) is 20.5. The average molecular weight is 435 g/mol. The second kappa shape index (κ2) is 8.39. The van der Waals surface area contributed by atoms with Gasteiger partial charge in [-0.05, 0) is 56.1 Å². The molecule has 0 bridgehead atoms. The van der Waals surface area contributed by atoms with Crippen LogP contribution in [0.1, 0.15) is 35.1 Å². The van der Waals surface area contributed by atoms with Crippen LogP contribution in [0.2, 0.25) is 0 Å². The summed E-state index contributed by atoms with van der Waals surface area (Å²) in [6.07, 6.45) is 2.72. The van der Waals surface area contributed by atoms with E-state index < -0.39 is 0 Å². The Morgan fingerprint density at radius 3 is 2.78 bits per heavy atom. The molecule has 0 aromatic heterocycles. The van der Waals surface area contributed by atoms with Gasteiger partial charge in [0, 0.05) is 41.9 Å². The third-order valence-electron chi connectivity index (χ3n) is 6.66. The first-order valence-electron chi connectivity index (χ1n) is 11.1. The molecule has 3 aliphatic rings. The number of benzene rings is 2. The van der Waals surface area contributed by atoms with Crippen molar-refractivity contribution in [2.24, 2.45) is 5.92 Å². The molecule has 2 aromatic rings. The number of carbonyl (C=O) groups excluding carboxylic acids is 2. The summed E-state index contributed by atoms with van der Waals surface area (Å²) in [5.41, 5.74) is 4.69. The molecule has 5 rings (SSSR count). The number of hydrogen-bond donors (Lipinski definition) is 2. The number of fused-ring (bicyclic) bond motifs is 2. The van der Waals surface area contributed by atoms with Crippen LogP contribution in [0, 0.1) is 11.7 Å². The van der Waals surface area contributed by atoms with E-state index in [1.54, 1.807) is 13.1 Å². The van der Waals surface area contributed by atoms with Crippen molar-refractivity contribution in [1.82, 2.24) is 10.2 Å². The first kappa shape index (κ1) is 20.7. The summed E-state index contributed by atoms with van der Waals surface area (Å²) in [4.78, 5) is 26.8. The minimum atomic E-state index is -0.383. The molecule has 0 atom stereocenters. The fourth-order valence-electron chi connectivity index (χ4n) is 4.85. The van der Waals surface area contributed by atoms with E-state index in [2.05, 4.69) is 27.7 Å². The third kappa shape index (κ3) is 3.77. The van der Waals surface area contributed by atoms with E-state index in [9.17, 15) is 14.0 Å². The van der Waals surface area contributed by atoms with Crippen molar-refractivity contribution in [3.8, 4) is 0 Å². The number of piperidine rings is 1. The van der Waals surface area contributed by atoms with Crippen molar-refractivity contribution in [3.05, 3.63) is 64.5 Å². The van der Waals surface area contributed by atoms with Crippen molar-refractivity contribution < 1.29 is 18.7 Å². The lowest BCUT2D eigenvalue weighted by Gasteiger charge is -2.31. The van der Waals surface area contributed by atoms with Crippen molar-refractivity contribution in [2.45, 2.75) is 25.9 Å². The van der Waals surface area contributed by atoms with Crippen LogP contribution in [0.15, 0.2) is 36.4 Å². The Bertz CT molecular complexity index is 1120. The molecular formula is C25H26FN3O3. The third-order valence-corrected chi connectivity index (χ3v) is 6.66. The van der Waals surface area contributed by atoms with Crippen molar-refractivity contribution in [3.63, 3.8) is 0 Å². The number of halogens is 1. The lowest BCUT2D eigenvalue weighted by atomic mass is 9.95. The first-order valence-corrected chi connectivity index (χ1v) is 11.1. The van der Waals surface area contributed by atoms with Gasteiger partial charge in [-0.25, -0.2) is 4.39 Å². The Hall–Kier alpha value is -3.19. The van der Waals surface area contributed by atoms with E-state index in [0.29, 0.717) is 29.2 Å². The Balaban J connectivity index is 1.29. The average Bonchev–Trinajstić information content (AvgIpc) is 3.36. The molecule has 0 radical (unpaired) electrons. The summed E-state index contributed by atoms with van der Waals surface area (Å²) >= 11 is 0. The van der Waals surface area contributed by atoms with Gasteiger partial charge in [0.05, 0.1) is 5.57 Å². The predicted octanol–water partition coefficient (Wildman–Crippen LogP) is 3.18. The molecule has 3 aliphatic heterocycles. The van der Waals surface area contributed by atoms with Crippen molar-refractivity contribution in [2.75, 3.05) is 32.0 Å². The van der Waals surface area contributed by atoms with Gasteiger partial charge < -0.3 is 20.3 Å². The maximum absolute atomic E-state index is 13.8. The Morgan fingerprint density at radius 1 is 1.19 bits per heavy atom. The summed E-state index contributed by atoms with van der Waals surface area (Å²) in [5, 5.41) is 5.54. The number of hydrogen-bond acceptors (Lipinski definition) is 4. The number of amides is 2. The van der Waals surface area contributed by atoms with Crippen molar-refractivity contribution in [1.29, 1.82) is 0 Å². The summed E-state index contributed by atoms with van der Waals surface area (Å²) in [5.74, 6) is 0.148. The number of rotatable bonds is 4. The minimum absolute atomic E-state index is 0.131. The molecule has 0 unspecified atom stereocenters. The Kier molecular flexibility index (Phi) is 5.43. The zero-order chi connectivity index (χ0) is 22.2. The Labute approximate surface area is 186 Å². The monoisotopic (exact) mass is 435 g/mol. The topological polar surface area (TPSA) is 70.7 Å². The van der Waals surface area contributed by atoms with Crippen LogP contribution in [0.5, 0.6) is 0 Å². The van der Waals surface area contributed by atoms with E-state index in [1.165, 1.54) is 17.7 Å². The zero-order valence-corrected chi connectivity index (χ0v) is 18.0. The molecule has 32 heavy (non-hydrogen) atoms. The number of anilines is 1. The molecule has 7 heteroatoms. The number of nitrogens with zero attached hydrogens (tertiary/aromatic N) is 1. The second-order valence-electron chi connectivity index (χ2n) is 8.61. The largest absolute Gasteiger partial charge is 0.487 e. The van der Waals surface area contributed by atoms with Crippen LogP contribution in [-0.4, -0.2) is 43.4 Å². The molecule has 0 spiro atoms. The van der Waals surface area contributed by atoms with Gasteiger partial charge in [0.1, 0.15) is 18.2 Å². The van der Waals surface area contributed by atoms with Gasteiger partial charge in [-0.3, -0.25) is 9.59 Å². The number of likely N-dealkylation sites (tertiary alicyclic amines) is 1. The molecule has 2 amide bonds. The number of ether oxygens (including phenoxy) is 1. The zero-order valence-electron chi connectivity index (χ0n) is 18.0. The van der Waals surface area contributed by atoms with Crippen LogP contribution in [-0.2, 0) is 27.4 Å². The van der Waals surface area contributed by atoms with Gasteiger partial charge in [0.15, 0.2) is 0 Å². The highest BCUT2D eigenvalue weighted by atomic mass is 19.1. The molecular weight excluding hydrogens is 409 g/mol. The minimum Gasteiger partial charge on any atom is -0.487 e. The molecule has 0 aliphatic carbocycles. The molecule has 1 fully saturated rings. The molecule has 2 aromatic carbocycles. The van der Waals surface area contributed by atoms with Gasteiger partial charge >= 0.3 is 0 Å². The maximum atomic E-state index is 13.8. The first-order chi connectivity index (χ1) is 15.5. The highest BCUT2D eigenvalue weighted by molar-refractivity contribution is 6.36. The van der Waals surface area contributed by atoms with E-state index in [1.807, 2.05) is 6.07 Å². The number of nitrogens with one attached hydrogen (secondary N) is 2. The van der Waals surface area contributed by atoms with Gasteiger partial charge in [-0.1, -0.05) is 18.2 Å². The lowest BCUT2D eigenvalue weighted by molar-refractivity contribution is -0.125. The highest BCUT2D eigenvalue weighted by Crippen LogP contribution is 2.42. The van der Waals surface area contributed by atoms with Gasteiger partial charge in [0.2, 0.25) is 5.91 Å². The molecule has 3 heterocycles. The van der Waals surface area contributed by atoms with Crippen LogP contribution in [0.3, 0.4) is 0 Å². The summed E-state index contributed by atoms with van der Waals surface area (Å²) in [6, 6.07) is 10.5. The van der Waals surface area contributed by atoms with Crippen LogP contribution in [0.25, 0.3) is 11.3 Å². The van der Waals surface area contributed by atoms with Gasteiger partial charge in [-0.2, -0.15) is 0 Å². The van der Waals surface area contributed by atoms with E-state index in [0.717, 1.165) is 50.0 Å². The SMILES string of the molecule is CNC(=O)C1CCN(CCc2ccc3c(c2)COC3=C2C(=O)Nc3ccc(F)cc32)CC1. The van der Waals surface area contributed by atoms with Gasteiger partial charge in [0.25, 0.3) is 5.91 Å². The van der Waals surface area contributed by atoms with Gasteiger partial charge in [-0.15, -0.1) is 0 Å². The lowest BCUT2D eigenvalue weighted by Crippen LogP contribution is -2.40. The highest BCUT2D eigenvalue weighted by Gasteiger charge is 2.33. The molecule has 0 saturated carbocycles. The summed E-state index contributed by atoms with van der Waals surface area (Å²) in [6.45, 7) is 3.22. The van der Waals surface area contributed by atoms with E-state index in [-0.39, 0.29) is 23.5 Å². The second-order valence-corrected chi connectivity index (χ2v) is 8.61. The van der Waals surface area contributed by atoms with Crippen LogP contribution in [0.4, 0.5) is 10.1 Å². The molecule has 166 valence electrons. The summed E-state index contributed by atoms with van der Waals surface area (Å²) in [7, 11) is 1.70. The van der Waals surface area contributed by atoms with E-state index >= 15 is 0 Å². The maximum Gasteiger partial charge on any atom is 0.260 e. The smallest absolute Gasteiger partial charge is 0.260 e. The molecule has 2 N–H and O–H groups in total. The molecule has 6 nitrogen and oxygen atoms in total.